The predicted molar refractivity (Wildman–Crippen MR) is 93.0 cm³/mol. The number of para-hydroxylation sites is 1. The summed E-state index contributed by atoms with van der Waals surface area (Å²) in [5.41, 5.74) is 2.24. The minimum Gasteiger partial charge on any atom is -0.491 e. The maximum Gasteiger partial charge on any atom is 0.256 e. The molecule has 0 unspecified atom stereocenters. The zero-order valence-corrected chi connectivity index (χ0v) is 14.1. The second kappa shape index (κ2) is 6.57. The zero-order valence-electron chi connectivity index (χ0n) is 13.3. The van der Waals surface area contributed by atoms with Crippen LogP contribution in [0.3, 0.4) is 0 Å². The number of hydrogen-bond acceptors (Lipinski definition) is 4. The van der Waals surface area contributed by atoms with E-state index in [2.05, 4.69) is 10.2 Å². The highest BCUT2D eigenvalue weighted by molar-refractivity contribution is 6.30. The molecular formula is C18H15ClN4O2. The first-order valence-corrected chi connectivity index (χ1v) is 8.25. The summed E-state index contributed by atoms with van der Waals surface area (Å²) in [5, 5.41) is 8.27. The Labute approximate surface area is 149 Å². The Morgan fingerprint density at radius 2 is 1.92 bits per heavy atom. The summed E-state index contributed by atoms with van der Waals surface area (Å²) in [5.74, 6) is 0.701. The molecular weight excluding hydrogens is 340 g/mol. The van der Waals surface area contributed by atoms with E-state index in [-0.39, 0.29) is 5.91 Å². The minimum atomic E-state index is -0.0688. The molecule has 0 saturated carbocycles. The van der Waals surface area contributed by atoms with E-state index in [1.54, 1.807) is 28.2 Å². The van der Waals surface area contributed by atoms with Gasteiger partial charge in [0.05, 0.1) is 17.8 Å². The van der Waals surface area contributed by atoms with Gasteiger partial charge in [0.2, 0.25) is 0 Å². The lowest BCUT2D eigenvalue weighted by molar-refractivity contribution is 0.0733. The first-order valence-electron chi connectivity index (χ1n) is 7.87. The van der Waals surface area contributed by atoms with Gasteiger partial charge in [-0.05, 0) is 30.3 Å². The molecule has 3 aromatic rings. The Balaban J connectivity index is 1.68. The standard InChI is InChI=1S/C18H15ClN4O2/c19-14-5-6-17-13(9-14)10-22(7-8-25-17)18(24)15-3-1-2-4-16(15)23-11-20-21-12-23/h1-6,9,11-12H,7-8,10H2. The minimum absolute atomic E-state index is 0.0688. The van der Waals surface area contributed by atoms with Gasteiger partial charge < -0.3 is 9.64 Å². The molecule has 25 heavy (non-hydrogen) atoms. The van der Waals surface area contributed by atoms with Crippen molar-refractivity contribution in [1.29, 1.82) is 0 Å². The van der Waals surface area contributed by atoms with Crippen LogP contribution in [0.2, 0.25) is 5.02 Å². The number of nitrogens with zero attached hydrogens (tertiary/aromatic N) is 4. The number of carbonyl (C=O) groups is 1. The van der Waals surface area contributed by atoms with E-state index in [0.717, 1.165) is 17.0 Å². The molecule has 0 atom stereocenters. The molecule has 4 rings (SSSR count). The number of ether oxygens (including phenoxy) is 1. The average molecular weight is 355 g/mol. The molecule has 0 aliphatic carbocycles. The lowest BCUT2D eigenvalue weighted by Crippen LogP contribution is -2.33. The first kappa shape index (κ1) is 15.7. The van der Waals surface area contributed by atoms with Crippen molar-refractivity contribution in [3.63, 3.8) is 0 Å². The predicted octanol–water partition coefficient (Wildman–Crippen LogP) is 2.96. The van der Waals surface area contributed by atoms with Crippen molar-refractivity contribution in [2.75, 3.05) is 13.2 Å². The molecule has 1 aromatic heterocycles. The molecule has 0 N–H and O–H groups in total. The summed E-state index contributed by atoms with van der Waals surface area (Å²) in [6.45, 7) is 1.39. The number of benzene rings is 2. The Kier molecular flexibility index (Phi) is 4.11. The number of amides is 1. The van der Waals surface area contributed by atoms with Crippen LogP contribution >= 0.6 is 11.6 Å². The SMILES string of the molecule is O=C(c1ccccc1-n1cnnc1)N1CCOc2ccc(Cl)cc2C1. The van der Waals surface area contributed by atoms with Crippen molar-refractivity contribution in [3.8, 4) is 11.4 Å². The first-order chi connectivity index (χ1) is 12.2. The van der Waals surface area contributed by atoms with Gasteiger partial charge in [-0.15, -0.1) is 10.2 Å². The molecule has 126 valence electrons. The number of aromatic nitrogens is 3. The molecule has 2 heterocycles. The second-order valence-corrected chi connectivity index (χ2v) is 6.15. The van der Waals surface area contributed by atoms with Crippen molar-refractivity contribution in [2.45, 2.75) is 6.54 Å². The van der Waals surface area contributed by atoms with Gasteiger partial charge >= 0.3 is 0 Å². The van der Waals surface area contributed by atoms with Crippen molar-refractivity contribution < 1.29 is 9.53 Å². The molecule has 0 saturated heterocycles. The van der Waals surface area contributed by atoms with Crippen LogP contribution in [0.1, 0.15) is 15.9 Å². The van der Waals surface area contributed by atoms with Crippen LogP contribution < -0.4 is 4.74 Å². The van der Waals surface area contributed by atoms with Crippen molar-refractivity contribution in [3.05, 3.63) is 71.3 Å². The molecule has 6 nitrogen and oxygen atoms in total. The van der Waals surface area contributed by atoms with Gasteiger partial charge in [-0.1, -0.05) is 23.7 Å². The summed E-state index contributed by atoms with van der Waals surface area (Å²) in [6.07, 6.45) is 3.15. The summed E-state index contributed by atoms with van der Waals surface area (Å²) in [7, 11) is 0. The van der Waals surface area contributed by atoms with Crippen LogP contribution in [0.15, 0.2) is 55.1 Å². The number of hydrogen-bond donors (Lipinski definition) is 0. The molecule has 0 spiro atoms. The number of carbonyl (C=O) groups excluding carboxylic acids is 1. The quantitative estimate of drug-likeness (QED) is 0.710. The van der Waals surface area contributed by atoms with Crippen LogP contribution in [0.4, 0.5) is 0 Å². The largest absolute Gasteiger partial charge is 0.491 e. The maximum atomic E-state index is 13.1. The Hall–Kier alpha value is -2.86. The monoisotopic (exact) mass is 354 g/mol. The summed E-state index contributed by atoms with van der Waals surface area (Å²) >= 11 is 6.09. The molecule has 0 bridgehead atoms. The zero-order chi connectivity index (χ0) is 17.2. The van der Waals surface area contributed by atoms with E-state index in [9.17, 15) is 4.79 Å². The molecule has 1 amide bonds. The van der Waals surface area contributed by atoms with Crippen LogP contribution in [0, 0.1) is 0 Å². The molecule has 0 fully saturated rings. The van der Waals surface area contributed by atoms with Gasteiger partial charge in [0.25, 0.3) is 5.91 Å². The van der Waals surface area contributed by atoms with Crippen LogP contribution in [-0.2, 0) is 6.54 Å². The van der Waals surface area contributed by atoms with Gasteiger partial charge in [-0.25, -0.2) is 0 Å². The summed E-state index contributed by atoms with van der Waals surface area (Å²) in [4.78, 5) is 14.9. The summed E-state index contributed by atoms with van der Waals surface area (Å²) < 4.78 is 7.47. The van der Waals surface area contributed by atoms with Crippen molar-refractivity contribution in [1.82, 2.24) is 19.7 Å². The third kappa shape index (κ3) is 3.08. The van der Waals surface area contributed by atoms with Gasteiger partial charge in [-0.2, -0.15) is 0 Å². The van der Waals surface area contributed by atoms with Crippen molar-refractivity contribution in [2.24, 2.45) is 0 Å². The highest BCUT2D eigenvalue weighted by Gasteiger charge is 2.23. The number of halogens is 1. The third-order valence-corrected chi connectivity index (χ3v) is 4.36. The Bertz CT molecular complexity index is 911. The number of rotatable bonds is 2. The fourth-order valence-corrected chi connectivity index (χ4v) is 3.11. The highest BCUT2D eigenvalue weighted by Crippen LogP contribution is 2.27. The molecule has 1 aliphatic heterocycles. The van der Waals surface area contributed by atoms with Gasteiger partial charge in [0.15, 0.2) is 0 Å². The summed E-state index contributed by atoms with van der Waals surface area (Å²) in [6, 6.07) is 12.9. The number of fused-ring (bicyclic) bond motifs is 1. The normalized spacial score (nSPS) is 13.7. The van der Waals surface area contributed by atoms with Gasteiger partial charge in [0, 0.05) is 17.1 Å². The molecule has 2 aromatic carbocycles. The van der Waals surface area contributed by atoms with Crippen LogP contribution in [0.25, 0.3) is 5.69 Å². The van der Waals surface area contributed by atoms with E-state index in [0.29, 0.717) is 30.3 Å². The van der Waals surface area contributed by atoms with E-state index in [1.807, 2.05) is 36.4 Å². The Morgan fingerprint density at radius 3 is 2.76 bits per heavy atom. The third-order valence-electron chi connectivity index (χ3n) is 4.12. The van der Waals surface area contributed by atoms with Gasteiger partial charge in [-0.3, -0.25) is 9.36 Å². The van der Waals surface area contributed by atoms with Crippen molar-refractivity contribution >= 4 is 17.5 Å². The van der Waals surface area contributed by atoms with Crippen LogP contribution in [-0.4, -0.2) is 38.7 Å². The van der Waals surface area contributed by atoms with E-state index >= 15 is 0 Å². The second-order valence-electron chi connectivity index (χ2n) is 5.71. The highest BCUT2D eigenvalue weighted by atomic mass is 35.5. The lowest BCUT2D eigenvalue weighted by atomic mass is 10.1. The van der Waals surface area contributed by atoms with E-state index in [1.165, 1.54) is 0 Å². The maximum absolute atomic E-state index is 13.1. The Morgan fingerprint density at radius 1 is 1.12 bits per heavy atom. The van der Waals surface area contributed by atoms with E-state index in [4.69, 9.17) is 16.3 Å². The molecule has 0 radical (unpaired) electrons. The fraction of sp³-hybridized carbons (Fsp3) is 0.167. The smallest absolute Gasteiger partial charge is 0.256 e. The van der Waals surface area contributed by atoms with Gasteiger partial charge in [0.1, 0.15) is 25.0 Å². The lowest BCUT2D eigenvalue weighted by Gasteiger charge is -2.21. The van der Waals surface area contributed by atoms with E-state index < -0.39 is 0 Å². The molecule has 1 aliphatic rings. The van der Waals surface area contributed by atoms with Crippen LogP contribution in [0.5, 0.6) is 5.75 Å². The topological polar surface area (TPSA) is 60.2 Å². The molecule has 7 heteroatoms. The average Bonchev–Trinajstić information content (AvgIpc) is 3.08. The fourth-order valence-electron chi connectivity index (χ4n) is 2.91.